The lowest BCUT2D eigenvalue weighted by atomic mass is 9.81. The molecule has 1 aliphatic carbocycles. The first kappa shape index (κ1) is 38.1. The average molecular weight is 845 g/mol. The third-order valence-electron chi connectivity index (χ3n) is 14.0. The Morgan fingerprint density at radius 2 is 0.879 bits per heavy atom. The lowest BCUT2D eigenvalue weighted by molar-refractivity contribution is 0.660. The van der Waals surface area contributed by atoms with Gasteiger partial charge in [-0.05, 0) is 129 Å². The maximum absolute atomic E-state index is 6.28. The van der Waals surface area contributed by atoms with Crippen LogP contribution in [0.1, 0.15) is 25.0 Å². The van der Waals surface area contributed by atoms with Gasteiger partial charge < -0.3 is 13.9 Å². The van der Waals surface area contributed by atoms with Crippen LogP contribution < -0.4 is 4.90 Å². The van der Waals surface area contributed by atoms with Gasteiger partial charge in [0.25, 0.3) is 0 Å². The molecule has 13 rings (SSSR count). The SMILES string of the molecule is CC1(C)c2ccccc2-c2ccc(-c3ccc(N(c4ccc(-c5cccc(-c6ccccc6-n6c7ccccc7c7ccccc76)c5)cc4)c4ccc5oc6ccccc6c5c4)cc3)cc21. The summed E-state index contributed by atoms with van der Waals surface area (Å²) >= 11 is 0. The molecule has 0 fully saturated rings. The highest BCUT2D eigenvalue weighted by Crippen LogP contribution is 2.50. The summed E-state index contributed by atoms with van der Waals surface area (Å²) in [5.41, 5.74) is 21.1. The summed E-state index contributed by atoms with van der Waals surface area (Å²) in [6.45, 7) is 4.69. The summed E-state index contributed by atoms with van der Waals surface area (Å²) in [6.07, 6.45) is 0. The molecule has 0 saturated heterocycles. The van der Waals surface area contributed by atoms with Crippen molar-refractivity contribution >= 4 is 60.8 Å². The van der Waals surface area contributed by atoms with Crippen molar-refractivity contribution in [3.8, 4) is 50.2 Å². The first-order chi connectivity index (χ1) is 32.5. The summed E-state index contributed by atoms with van der Waals surface area (Å²) in [6, 6.07) is 83.9. The molecule has 0 unspecified atom stereocenters. The molecule has 3 heteroatoms. The van der Waals surface area contributed by atoms with E-state index in [4.69, 9.17) is 4.42 Å². The molecule has 0 bridgehead atoms. The second-order valence-corrected chi connectivity index (χ2v) is 18.1. The number of benzene rings is 10. The van der Waals surface area contributed by atoms with Crippen LogP contribution in [0, 0.1) is 0 Å². The molecular formula is C63H44N2O. The second kappa shape index (κ2) is 14.8. The zero-order valence-electron chi connectivity index (χ0n) is 36.7. The molecular weight excluding hydrogens is 801 g/mol. The molecule has 0 amide bonds. The molecule has 0 radical (unpaired) electrons. The van der Waals surface area contributed by atoms with Gasteiger partial charge in [-0.15, -0.1) is 0 Å². The van der Waals surface area contributed by atoms with Crippen molar-refractivity contribution in [3.05, 3.63) is 242 Å². The Hall–Kier alpha value is -8.40. The van der Waals surface area contributed by atoms with Crippen LogP contribution in [0.4, 0.5) is 17.1 Å². The minimum Gasteiger partial charge on any atom is -0.456 e. The van der Waals surface area contributed by atoms with Crippen LogP contribution in [0.3, 0.4) is 0 Å². The average Bonchev–Trinajstić information content (AvgIpc) is 3.99. The van der Waals surface area contributed by atoms with Crippen molar-refractivity contribution < 1.29 is 4.42 Å². The van der Waals surface area contributed by atoms with Gasteiger partial charge in [0, 0.05) is 49.6 Å². The van der Waals surface area contributed by atoms with Crippen LogP contribution in [0.5, 0.6) is 0 Å². The van der Waals surface area contributed by atoms with Crippen molar-refractivity contribution in [2.45, 2.75) is 19.3 Å². The molecule has 66 heavy (non-hydrogen) atoms. The largest absolute Gasteiger partial charge is 0.456 e. The zero-order valence-corrected chi connectivity index (χ0v) is 36.7. The second-order valence-electron chi connectivity index (χ2n) is 18.1. The van der Waals surface area contributed by atoms with Crippen LogP contribution in [0.25, 0.3) is 93.9 Å². The van der Waals surface area contributed by atoms with Crippen molar-refractivity contribution in [3.63, 3.8) is 0 Å². The quantitative estimate of drug-likeness (QED) is 0.159. The number of hydrogen-bond donors (Lipinski definition) is 0. The Labute approximate surface area is 384 Å². The minimum absolute atomic E-state index is 0.0555. The lowest BCUT2D eigenvalue weighted by Crippen LogP contribution is -2.14. The van der Waals surface area contributed by atoms with E-state index in [1.54, 1.807) is 0 Å². The molecule has 0 spiro atoms. The van der Waals surface area contributed by atoms with E-state index < -0.39 is 0 Å². The van der Waals surface area contributed by atoms with Gasteiger partial charge in [0.05, 0.1) is 16.7 Å². The van der Waals surface area contributed by atoms with E-state index in [2.05, 4.69) is 242 Å². The first-order valence-electron chi connectivity index (χ1n) is 22.8. The van der Waals surface area contributed by atoms with Gasteiger partial charge in [-0.2, -0.15) is 0 Å². The summed E-state index contributed by atoms with van der Waals surface area (Å²) in [4.78, 5) is 2.36. The fourth-order valence-electron chi connectivity index (χ4n) is 10.8. The van der Waals surface area contributed by atoms with E-state index in [0.717, 1.165) is 50.3 Å². The van der Waals surface area contributed by atoms with Gasteiger partial charge in [0.15, 0.2) is 0 Å². The maximum Gasteiger partial charge on any atom is 0.135 e. The fourth-order valence-corrected chi connectivity index (χ4v) is 10.8. The standard InChI is InChI=1S/C63H44N2O/c1-63(2)56-21-8-3-17-50(56)51-36-30-44(39-57(51)63)42-28-33-47(34-29-42)64(48-35-37-62-55(40-48)54-20-7-12-25-61(54)66-62)46-31-26-41(27-32-46)43-14-13-15-45(38-43)49-16-4-9-22-58(49)65-59-23-10-5-18-52(59)53-19-6-11-24-60(53)65/h3-40H,1-2H3. The van der Waals surface area contributed by atoms with Crippen LogP contribution in [-0.2, 0) is 5.41 Å². The van der Waals surface area contributed by atoms with E-state index in [1.807, 2.05) is 12.1 Å². The van der Waals surface area contributed by atoms with Gasteiger partial charge >= 0.3 is 0 Å². The number of para-hydroxylation sites is 4. The predicted octanol–water partition coefficient (Wildman–Crippen LogP) is 17.5. The third kappa shape index (κ3) is 5.97. The van der Waals surface area contributed by atoms with Crippen molar-refractivity contribution in [2.75, 3.05) is 4.90 Å². The highest BCUT2D eigenvalue weighted by atomic mass is 16.3. The van der Waals surface area contributed by atoms with Crippen LogP contribution in [-0.4, -0.2) is 4.57 Å². The molecule has 0 aliphatic heterocycles. The van der Waals surface area contributed by atoms with Gasteiger partial charge in [-0.1, -0.05) is 166 Å². The Morgan fingerprint density at radius 1 is 0.348 bits per heavy atom. The molecule has 2 heterocycles. The highest BCUT2D eigenvalue weighted by molar-refractivity contribution is 6.10. The molecule has 0 saturated carbocycles. The van der Waals surface area contributed by atoms with Crippen molar-refractivity contribution in [1.82, 2.24) is 4.57 Å². The lowest BCUT2D eigenvalue weighted by Gasteiger charge is -2.26. The number of anilines is 3. The number of nitrogens with zero attached hydrogens (tertiary/aromatic N) is 2. The number of fused-ring (bicyclic) bond motifs is 9. The van der Waals surface area contributed by atoms with E-state index in [-0.39, 0.29) is 5.41 Å². The molecule has 312 valence electrons. The zero-order chi connectivity index (χ0) is 43.9. The van der Waals surface area contributed by atoms with Crippen LogP contribution in [0.2, 0.25) is 0 Å². The van der Waals surface area contributed by atoms with Crippen molar-refractivity contribution in [2.24, 2.45) is 0 Å². The number of rotatable bonds is 7. The first-order valence-corrected chi connectivity index (χ1v) is 22.8. The smallest absolute Gasteiger partial charge is 0.135 e. The van der Waals surface area contributed by atoms with Crippen LogP contribution in [0.15, 0.2) is 235 Å². The van der Waals surface area contributed by atoms with Crippen LogP contribution >= 0.6 is 0 Å². The highest BCUT2D eigenvalue weighted by Gasteiger charge is 2.35. The molecule has 0 N–H and O–H groups in total. The predicted molar refractivity (Wildman–Crippen MR) is 277 cm³/mol. The number of hydrogen-bond acceptors (Lipinski definition) is 2. The molecule has 2 aromatic heterocycles. The minimum atomic E-state index is -0.0555. The summed E-state index contributed by atoms with van der Waals surface area (Å²) in [5.74, 6) is 0. The molecule has 1 aliphatic rings. The van der Waals surface area contributed by atoms with E-state index in [9.17, 15) is 0 Å². The summed E-state index contributed by atoms with van der Waals surface area (Å²) in [5, 5.41) is 4.73. The van der Waals surface area contributed by atoms with E-state index in [0.29, 0.717) is 0 Å². The Kier molecular flexibility index (Phi) is 8.56. The molecule has 10 aromatic carbocycles. The normalized spacial score (nSPS) is 12.8. The molecule has 12 aromatic rings. The fraction of sp³-hybridized carbons (Fsp3) is 0.0476. The number of aromatic nitrogens is 1. The monoisotopic (exact) mass is 844 g/mol. The Balaban J connectivity index is 0.878. The summed E-state index contributed by atoms with van der Waals surface area (Å²) < 4.78 is 8.70. The Morgan fingerprint density at radius 3 is 1.61 bits per heavy atom. The molecule has 0 atom stereocenters. The van der Waals surface area contributed by atoms with Crippen molar-refractivity contribution in [1.29, 1.82) is 0 Å². The van der Waals surface area contributed by atoms with Gasteiger partial charge in [-0.25, -0.2) is 0 Å². The molecule has 3 nitrogen and oxygen atoms in total. The van der Waals surface area contributed by atoms with E-state index >= 15 is 0 Å². The topological polar surface area (TPSA) is 21.3 Å². The summed E-state index contributed by atoms with van der Waals surface area (Å²) in [7, 11) is 0. The van der Waals surface area contributed by atoms with Gasteiger partial charge in [0.2, 0.25) is 0 Å². The third-order valence-corrected chi connectivity index (χ3v) is 14.0. The van der Waals surface area contributed by atoms with Gasteiger partial charge in [0.1, 0.15) is 11.2 Å². The van der Waals surface area contributed by atoms with E-state index in [1.165, 1.54) is 71.9 Å². The Bertz CT molecular complexity index is 3790. The maximum atomic E-state index is 6.28. The number of furan rings is 1. The van der Waals surface area contributed by atoms with Gasteiger partial charge in [-0.3, -0.25) is 0 Å².